The first kappa shape index (κ1) is 27.5. The van der Waals surface area contributed by atoms with E-state index in [1.165, 1.54) is 16.8 Å². The number of urea groups is 1. The Morgan fingerprint density at radius 1 is 0.946 bits per heavy atom. The number of carbonyl (C=O) groups is 1. The molecule has 0 spiro atoms. The molecule has 0 atom stereocenters. The van der Waals surface area contributed by atoms with Crippen LogP contribution in [-0.4, -0.2) is 75.9 Å². The SMILES string of the molecule is CCOP(=O)(Cc1ccc(NC(=O)N2CCc3c(OC)ccc(N4CCN(C)CC4)c3C2)cc1)OCC. The van der Waals surface area contributed by atoms with Crippen molar-refractivity contribution in [2.24, 2.45) is 0 Å². The monoisotopic (exact) mass is 530 g/mol. The highest BCUT2D eigenvalue weighted by Gasteiger charge is 2.28. The number of ether oxygens (including phenoxy) is 1. The third-order valence-corrected chi connectivity index (χ3v) is 8.98. The number of rotatable bonds is 9. The van der Waals surface area contributed by atoms with Crippen LogP contribution in [-0.2, 0) is 32.7 Å². The number of benzene rings is 2. The highest BCUT2D eigenvalue weighted by molar-refractivity contribution is 7.53. The Balaban J connectivity index is 1.45. The molecule has 202 valence electrons. The van der Waals surface area contributed by atoms with Gasteiger partial charge in [0.25, 0.3) is 0 Å². The normalized spacial score (nSPS) is 16.4. The van der Waals surface area contributed by atoms with Gasteiger partial charge in [0.2, 0.25) is 0 Å². The summed E-state index contributed by atoms with van der Waals surface area (Å²) in [5.41, 5.74) is 5.08. The molecule has 2 heterocycles. The standard InChI is InChI=1S/C27H39N4O5P/c1-5-35-37(33,36-6-2)20-21-7-9-22(10-8-21)28-27(32)31-14-13-23-24(19-31)25(11-12-26(23)34-4)30-17-15-29(3)16-18-30/h7-12H,5-6,13-20H2,1-4H3,(H,28,32). The molecular weight excluding hydrogens is 491 g/mol. The number of hydrogen-bond donors (Lipinski definition) is 1. The minimum Gasteiger partial charge on any atom is -0.496 e. The molecule has 0 radical (unpaired) electrons. The second kappa shape index (κ2) is 12.3. The zero-order valence-electron chi connectivity index (χ0n) is 22.4. The minimum absolute atomic E-state index is 0.139. The van der Waals surface area contributed by atoms with Crippen molar-refractivity contribution in [2.45, 2.75) is 33.0 Å². The van der Waals surface area contributed by atoms with Crippen molar-refractivity contribution < 1.29 is 23.1 Å². The van der Waals surface area contributed by atoms with E-state index in [4.69, 9.17) is 13.8 Å². The number of hydrogen-bond acceptors (Lipinski definition) is 7. The fraction of sp³-hybridized carbons (Fsp3) is 0.519. The summed E-state index contributed by atoms with van der Waals surface area (Å²) < 4.78 is 29.3. The molecule has 2 amide bonds. The Morgan fingerprint density at radius 3 is 2.24 bits per heavy atom. The number of likely N-dealkylation sites (N-methyl/N-ethyl adjacent to an activating group) is 1. The molecule has 1 N–H and O–H groups in total. The summed E-state index contributed by atoms with van der Waals surface area (Å²) in [5.74, 6) is 0.889. The van der Waals surface area contributed by atoms with Gasteiger partial charge in [-0.2, -0.15) is 0 Å². The summed E-state index contributed by atoms with van der Waals surface area (Å²) in [6, 6.07) is 11.4. The first-order chi connectivity index (χ1) is 17.9. The molecule has 0 unspecified atom stereocenters. The number of nitrogens with one attached hydrogen (secondary N) is 1. The number of methoxy groups -OCH3 is 1. The van der Waals surface area contributed by atoms with Crippen LogP contribution in [0.4, 0.5) is 16.2 Å². The lowest BCUT2D eigenvalue weighted by Crippen LogP contribution is -2.46. The maximum atomic E-state index is 13.2. The summed E-state index contributed by atoms with van der Waals surface area (Å²) in [5, 5.41) is 3.02. The Kier molecular flexibility index (Phi) is 9.13. The lowest BCUT2D eigenvalue weighted by molar-refractivity contribution is 0.205. The lowest BCUT2D eigenvalue weighted by atomic mass is 9.96. The van der Waals surface area contributed by atoms with Gasteiger partial charge in [-0.05, 0) is 57.1 Å². The molecule has 9 nitrogen and oxygen atoms in total. The van der Waals surface area contributed by atoms with Crippen molar-refractivity contribution in [1.82, 2.24) is 9.80 Å². The molecule has 2 aliphatic rings. The van der Waals surface area contributed by atoms with Gasteiger partial charge in [-0.25, -0.2) is 4.79 Å². The van der Waals surface area contributed by atoms with Gasteiger partial charge in [-0.3, -0.25) is 4.57 Å². The molecule has 1 saturated heterocycles. The Labute approximate surface area is 220 Å². The van der Waals surface area contributed by atoms with Gasteiger partial charge in [-0.1, -0.05) is 12.1 Å². The Hall–Kier alpha value is -2.58. The van der Waals surface area contributed by atoms with E-state index in [0.717, 1.165) is 43.9 Å². The number of amides is 2. The van der Waals surface area contributed by atoms with Gasteiger partial charge in [-0.15, -0.1) is 0 Å². The molecule has 0 aliphatic carbocycles. The zero-order chi connectivity index (χ0) is 26.4. The molecule has 2 aliphatic heterocycles. The fourth-order valence-corrected chi connectivity index (χ4v) is 6.68. The van der Waals surface area contributed by atoms with Gasteiger partial charge in [0.15, 0.2) is 0 Å². The lowest BCUT2D eigenvalue weighted by Gasteiger charge is -2.38. The minimum atomic E-state index is -3.18. The Bertz CT molecular complexity index is 1110. The molecule has 1 fully saturated rings. The molecule has 37 heavy (non-hydrogen) atoms. The van der Waals surface area contributed by atoms with Gasteiger partial charge in [0.05, 0.1) is 26.5 Å². The molecule has 2 aromatic rings. The number of anilines is 2. The van der Waals surface area contributed by atoms with Crippen LogP contribution in [0.15, 0.2) is 36.4 Å². The summed E-state index contributed by atoms with van der Waals surface area (Å²) in [4.78, 5) is 19.8. The number of carbonyl (C=O) groups excluding carboxylic acids is 1. The van der Waals surface area contributed by atoms with Crippen molar-refractivity contribution in [3.05, 3.63) is 53.1 Å². The van der Waals surface area contributed by atoms with E-state index in [0.29, 0.717) is 32.0 Å². The van der Waals surface area contributed by atoms with Crippen molar-refractivity contribution in [2.75, 3.05) is 70.3 Å². The summed E-state index contributed by atoms with van der Waals surface area (Å²) in [6.07, 6.45) is 0.944. The molecule has 4 rings (SSSR count). The van der Waals surface area contributed by atoms with E-state index >= 15 is 0 Å². The third kappa shape index (κ3) is 6.65. The Morgan fingerprint density at radius 2 is 1.62 bits per heavy atom. The molecule has 0 aromatic heterocycles. The van der Waals surface area contributed by atoms with E-state index in [2.05, 4.69) is 34.3 Å². The van der Waals surface area contributed by atoms with Crippen molar-refractivity contribution >= 4 is 25.0 Å². The van der Waals surface area contributed by atoms with Gasteiger partial charge in [0, 0.05) is 61.8 Å². The van der Waals surface area contributed by atoms with E-state index < -0.39 is 7.60 Å². The third-order valence-electron chi connectivity index (χ3n) is 6.93. The average molecular weight is 531 g/mol. The molecule has 0 saturated carbocycles. The maximum absolute atomic E-state index is 13.2. The summed E-state index contributed by atoms with van der Waals surface area (Å²) in [6.45, 7) is 9.37. The van der Waals surface area contributed by atoms with Gasteiger partial charge < -0.3 is 33.8 Å². The maximum Gasteiger partial charge on any atom is 0.335 e. The van der Waals surface area contributed by atoms with Crippen LogP contribution in [0.25, 0.3) is 0 Å². The van der Waals surface area contributed by atoms with Crippen molar-refractivity contribution in [1.29, 1.82) is 0 Å². The summed E-state index contributed by atoms with van der Waals surface area (Å²) in [7, 11) is 0.676. The molecule has 2 aromatic carbocycles. The van der Waals surface area contributed by atoms with E-state index in [1.54, 1.807) is 21.0 Å². The molecule has 10 heteroatoms. The molecular formula is C27H39N4O5P. The number of piperazine rings is 1. The van der Waals surface area contributed by atoms with Crippen LogP contribution in [0.2, 0.25) is 0 Å². The zero-order valence-corrected chi connectivity index (χ0v) is 23.3. The van der Waals surface area contributed by atoms with E-state index in [1.807, 2.05) is 29.2 Å². The first-order valence-electron chi connectivity index (χ1n) is 13.0. The van der Waals surface area contributed by atoms with E-state index in [9.17, 15) is 9.36 Å². The number of fused-ring (bicyclic) bond motifs is 1. The van der Waals surface area contributed by atoms with Gasteiger partial charge in [0.1, 0.15) is 5.75 Å². The van der Waals surface area contributed by atoms with Crippen LogP contribution >= 0.6 is 7.60 Å². The van der Waals surface area contributed by atoms with Gasteiger partial charge >= 0.3 is 13.6 Å². The second-order valence-corrected chi connectivity index (χ2v) is 11.5. The highest BCUT2D eigenvalue weighted by atomic mass is 31.2. The van der Waals surface area contributed by atoms with E-state index in [-0.39, 0.29) is 12.2 Å². The molecule has 0 bridgehead atoms. The van der Waals surface area contributed by atoms with Crippen LogP contribution in [0.3, 0.4) is 0 Å². The summed E-state index contributed by atoms with van der Waals surface area (Å²) >= 11 is 0. The van der Waals surface area contributed by atoms with Crippen LogP contribution < -0.4 is 15.0 Å². The highest BCUT2D eigenvalue weighted by Crippen LogP contribution is 2.51. The smallest absolute Gasteiger partial charge is 0.335 e. The van der Waals surface area contributed by atoms with Crippen LogP contribution in [0, 0.1) is 0 Å². The fourth-order valence-electron chi connectivity index (χ4n) is 4.98. The first-order valence-corrected chi connectivity index (χ1v) is 14.7. The van der Waals surface area contributed by atoms with Crippen molar-refractivity contribution in [3.63, 3.8) is 0 Å². The number of nitrogens with zero attached hydrogens (tertiary/aromatic N) is 3. The quantitative estimate of drug-likeness (QED) is 0.466. The predicted octanol–water partition coefficient (Wildman–Crippen LogP) is 4.80. The second-order valence-electron chi connectivity index (χ2n) is 9.44. The topological polar surface area (TPSA) is 83.6 Å². The van der Waals surface area contributed by atoms with Crippen LogP contribution in [0.5, 0.6) is 5.75 Å². The largest absolute Gasteiger partial charge is 0.496 e. The average Bonchev–Trinajstić information content (AvgIpc) is 2.89. The van der Waals surface area contributed by atoms with Crippen molar-refractivity contribution in [3.8, 4) is 5.75 Å². The van der Waals surface area contributed by atoms with Crippen LogP contribution in [0.1, 0.15) is 30.5 Å². The predicted molar refractivity (Wildman–Crippen MR) is 147 cm³/mol.